The number of hydrogen-bond acceptors (Lipinski definition) is 2. The van der Waals surface area contributed by atoms with Gasteiger partial charge >= 0.3 is 0 Å². The fourth-order valence-corrected chi connectivity index (χ4v) is 2.64. The van der Waals surface area contributed by atoms with E-state index in [1.54, 1.807) is 11.8 Å². The molecule has 0 radical (unpaired) electrons. The smallest absolute Gasteiger partial charge is 0.0662 e. The van der Waals surface area contributed by atoms with Crippen LogP contribution in [0.15, 0.2) is 35.2 Å². The molecule has 1 N–H and O–H groups in total. The third-order valence-corrected chi connectivity index (χ3v) is 3.97. The number of thioether (sulfide) groups is 1. The van der Waals surface area contributed by atoms with E-state index in [4.69, 9.17) is 0 Å². The monoisotopic (exact) mass is 208 g/mol. The van der Waals surface area contributed by atoms with Crippen LogP contribution in [0.3, 0.4) is 0 Å². The third kappa shape index (κ3) is 2.52. The van der Waals surface area contributed by atoms with Gasteiger partial charge in [0.2, 0.25) is 0 Å². The van der Waals surface area contributed by atoms with Crippen molar-refractivity contribution >= 4 is 11.8 Å². The summed E-state index contributed by atoms with van der Waals surface area (Å²) < 4.78 is 0. The molecule has 0 spiro atoms. The molecule has 0 saturated heterocycles. The van der Waals surface area contributed by atoms with Crippen LogP contribution in [0, 0.1) is 5.92 Å². The highest BCUT2D eigenvalue weighted by Gasteiger charge is 2.25. The summed E-state index contributed by atoms with van der Waals surface area (Å²) in [6.45, 7) is 0. The summed E-state index contributed by atoms with van der Waals surface area (Å²) in [7, 11) is 0. The second-order valence-electron chi connectivity index (χ2n) is 3.88. The lowest BCUT2D eigenvalue weighted by atomic mass is 9.82. The number of aliphatic hydroxyl groups is 1. The Bertz CT molecular complexity index is 269. The van der Waals surface area contributed by atoms with Crippen LogP contribution in [0.2, 0.25) is 0 Å². The Morgan fingerprint density at radius 2 is 2.00 bits per heavy atom. The standard InChI is InChI=1S/C12H16OS/c13-12(10-5-4-6-10)9-14-11-7-2-1-3-8-11/h1-3,7-8,10,12-13H,4-6,9H2. The summed E-state index contributed by atoms with van der Waals surface area (Å²) >= 11 is 1.76. The molecule has 1 fully saturated rings. The molecule has 1 atom stereocenters. The van der Waals surface area contributed by atoms with Gasteiger partial charge in [-0.1, -0.05) is 24.6 Å². The lowest BCUT2D eigenvalue weighted by molar-refractivity contribution is 0.0817. The normalized spacial score (nSPS) is 18.9. The molecule has 0 bridgehead atoms. The van der Waals surface area contributed by atoms with Crippen LogP contribution in [0.1, 0.15) is 19.3 Å². The fraction of sp³-hybridized carbons (Fsp3) is 0.500. The van der Waals surface area contributed by atoms with Crippen LogP contribution in [0.25, 0.3) is 0 Å². The van der Waals surface area contributed by atoms with E-state index in [0.717, 1.165) is 5.75 Å². The zero-order valence-electron chi connectivity index (χ0n) is 8.23. The molecular formula is C12H16OS. The van der Waals surface area contributed by atoms with E-state index in [-0.39, 0.29) is 6.10 Å². The van der Waals surface area contributed by atoms with Gasteiger partial charge in [0, 0.05) is 10.6 Å². The fourth-order valence-electron chi connectivity index (χ4n) is 1.66. The number of hydrogen-bond donors (Lipinski definition) is 1. The zero-order chi connectivity index (χ0) is 9.80. The molecule has 2 heteroatoms. The lowest BCUT2D eigenvalue weighted by Gasteiger charge is -2.29. The first kappa shape index (κ1) is 10.1. The summed E-state index contributed by atoms with van der Waals surface area (Å²) in [6, 6.07) is 10.3. The summed E-state index contributed by atoms with van der Waals surface area (Å²) in [4.78, 5) is 1.26. The van der Waals surface area contributed by atoms with E-state index < -0.39 is 0 Å². The maximum Gasteiger partial charge on any atom is 0.0662 e. The topological polar surface area (TPSA) is 20.2 Å². The van der Waals surface area contributed by atoms with Crippen molar-refractivity contribution < 1.29 is 5.11 Å². The van der Waals surface area contributed by atoms with Crippen molar-refractivity contribution in [3.63, 3.8) is 0 Å². The molecule has 1 saturated carbocycles. The van der Waals surface area contributed by atoms with Crippen LogP contribution >= 0.6 is 11.8 Å². The Morgan fingerprint density at radius 1 is 1.29 bits per heavy atom. The van der Waals surface area contributed by atoms with Gasteiger partial charge in [-0.05, 0) is 30.9 Å². The first-order chi connectivity index (χ1) is 6.86. The van der Waals surface area contributed by atoms with E-state index in [9.17, 15) is 5.11 Å². The van der Waals surface area contributed by atoms with Crippen molar-refractivity contribution in [3.8, 4) is 0 Å². The van der Waals surface area contributed by atoms with E-state index in [1.807, 2.05) is 18.2 Å². The minimum atomic E-state index is -0.103. The molecule has 0 aromatic heterocycles. The maximum atomic E-state index is 9.81. The predicted molar refractivity (Wildman–Crippen MR) is 60.5 cm³/mol. The predicted octanol–water partition coefficient (Wildman–Crippen LogP) is 2.94. The van der Waals surface area contributed by atoms with E-state index in [1.165, 1.54) is 24.2 Å². The van der Waals surface area contributed by atoms with Crippen LogP contribution in [0.5, 0.6) is 0 Å². The van der Waals surface area contributed by atoms with Gasteiger partial charge in [0.1, 0.15) is 0 Å². The third-order valence-electron chi connectivity index (χ3n) is 2.86. The average molecular weight is 208 g/mol. The van der Waals surface area contributed by atoms with Crippen molar-refractivity contribution in [1.29, 1.82) is 0 Å². The van der Waals surface area contributed by atoms with Gasteiger partial charge < -0.3 is 5.11 Å². The number of aliphatic hydroxyl groups excluding tert-OH is 1. The second-order valence-corrected chi connectivity index (χ2v) is 4.98. The molecule has 1 unspecified atom stereocenters. The Morgan fingerprint density at radius 3 is 2.57 bits per heavy atom. The van der Waals surface area contributed by atoms with E-state index in [2.05, 4.69) is 12.1 Å². The summed E-state index contributed by atoms with van der Waals surface area (Å²) in [6.07, 6.45) is 3.64. The molecule has 1 aliphatic carbocycles. The molecule has 2 rings (SSSR count). The highest BCUT2D eigenvalue weighted by atomic mass is 32.2. The largest absolute Gasteiger partial charge is 0.392 e. The Kier molecular flexibility index (Phi) is 3.49. The molecule has 1 nitrogen and oxygen atoms in total. The lowest BCUT2D eigenvalue weighted by Crippen LogP contribution is -2.28. The molecule has 1 aromatic carbocycles. The van der Waals surface area contributed by atoms with Crippen LogP contribution in [0.4, 0.5) is 0 Å². The van der Waals surface area contributed by atoms with E-state index >= 15 is 0 Å². The molecular weight excluding hydrogens is 192 g/mol. The molecule has 76 valence electrons. The zero-order valence-corrected chi connectivity index (χ0v) is 9.04. The molecule has 14 heavy (non-hydrogen) atoms. The van der Waals surface area contributed by atoms with Crippen molar-refractivity contribution in [3.05, 3.63) is 30.3 Å². The Hall–Kier alpha value is -0.470. The van der Waals surface area contributed by atoms with Gasteiger partial charge in [-0.2, -0.15) is 0 Å². The van der Waals surface area contributed by atoms with Gasteiger partial charge in [-0.3, -0.25) is 0 Å². The van der Waals surface area contributed by atoms with Crippen molar-refractivity contribution in [1.82, 2.24) is 0 Å². The minimum absolute atomic E-state index is 0.103. The van der Waals surface area contributed by atoms with Crippen molar-refractivity contribution in [2.24, 2.45) is 5.92 Å². The van der Waals surface area contributed by atoms with Gasteiger partial charge in [-0.15, -0.1) is 11.8 Å². The molecule has 0 heterocycles. The van der Waals surface area contributed by atoms with Gasteiger partial charge in [0.15, 0.2) is 0 Å². The molecule has 0 amide bonds. The Labute approximate surface area is 89.5 Å². The van der Waals surface area contributed by atoms with Crippen LogP contribution in [-0.4, -0.2) is 17.0 Å². The molecule has 0 aliphatic heterocycles. The highest BCUT2D eigenvalue weighted by molar-refractivity contribution is 7.99. The first-order valence-corrected chi connectivity index (χ1v) is 6.21. The van der Waals surface area contributed by atoms with Crippen molar-refractivity contribution in [2.75, 3.05) is 5.75 Å². The van der Waals surface area contributed by atoms with Crippen LogP contribution < -0.4 is 0 Å². The van der Waals surface area contributed by atoms with E-state index in [0.29, 0.717) is 5.92 Å². The summed E-state index contributed by atoms with van der Waals surface area (Å²) in [5.41, 5.74) is 0. The highest BCUT2D eigenvalue weighted by Crippen LogP contribution is 2.32. The van der Waals surface area contributed by atoms with Crippen LogP contribution in [-0.2, 0) is 0 Å². The van der Waals surface area contributed by atoms with Crippen molar-refractivity contribution in [2.45, 2.75) is 30.3 Å². The first-order valence-electron chi connectivity index (χ1n) is 5.22. The van der Waals surface area contributed by atoms with Gasteiger partial charge in [0.25, 0.3) is 0 Å². The SMILES string of the molecule is OC(CSc1ccccc1)C1CCC1. The summed E-state index contributed by atoms with van der Waals surface area (Å²) in [5, 5.41) is 9.81. The second kappa shape index (κ2) is 4.85. The van der Waals surface area contributed by atoms with Gasteiger partial charge in [0.05, 0.1) is 6.10 Å². The number of rotatable bonds is 4. The maximum absolute atomic E-state index is 9.81. The molecule has 1 aliphatic rings. The van der Waals surface area contributed by atoms with Gasteiger partial charge in [-0.25, -0.2) is 0 Å². The molecule has 1 aromatic rings. The Balaban J connectivity index is 1.76. The quantitative estimate of drug-likeness (QED) is 0.768. The average Bonchev–Trinajstić information content (AvgIpc) is 2.14. The minimum Gasteiger partial charge on any atom is -0.392 e. The summed E-state index contributed by atoms with van der Waals surface area (Å²) in [5.74, 6) is 1.42. The number of benzene rings is 1.